The van der Waals surface area contributed by atoms with Crippen LogP contribution in [0.15, 0.2) is 18.3 Å². The Kier molecular flexibility index (Phi) is 3.21. The third kappa shape index (κ3) is 2.48. The van der Waals surface area contributed by atoms with E-state index >= 15 is 0 Å². The number of pyridine rings is 1. The van der Waals surface area contributed by atoms with E-state index in [0.29, 0.717) is 12.1 Å². The zero-order chi connectivity index (χ0) is 10.7. The van der Waals surface area contributed by atoms with Crippen LogP contribution < -0.4 is 5.32 Å². The second-order valence-corrected chi connectivity index (χ2v) is 4.15. The van der Waals surface area contributed by atoms with E-state index in [4.69, 9.17) is 4.74 Å². The third-order valence-corrected chi connectivity index (χ3v) is 2.90. The van der Waals surface area contributed by atoms with Crippen molar-refractivity contribution in [3.05, 3.63) is 23.9 Å². The van der Waals surface area contributed by atoms with E-state index in [-0.39, 0.29) is 0 Å². The molecule has 2 atom stereocenters. The SMILES string of the molecule is Cc1cccnc1NC(C)C1CCCO1. The van der Waals surface area contributed by atoms with Crippen LogP contribution in [0.4, 0.5) is 5.82 Å². The monoisotopic (exact) mass is 206 g/mol. The van der Waals surface area contributed by atoms with Crippen molar-refractivity contribution in [2.75, 3.05) is 11.9 Å². The van der Waals surface area contributed by atoms with Crippen molar-refractivity contribution < 1.29 is 4.74 Å². The number of aromatic nitrogens is 1. The van der Waals surface area contributed by atoms with Crippen molar-refractivity contribution in [2.24, 2.45) is 0 Å². The van der Waals surface area contributed by atoms with Crippen molar-refractivity contribution >= 4 is 5.82 Å². The molecule has 2 unspecified atom stereocenters. The molecule has 1 aromatic rings. The summed E-state index contributed by atoms with van der Waals surface area (Å²) < 4.78 is 5.64. The molecular weight excluding hydrogens is 188 g/mol. The summed E-state index contributed by atoms with van der Waals surface area (Å²) in [5.41, 5.74) is 1.18. The van der Waals surface area contributed by atoms with Gasteiger partial charge in [0, 0.05) is 12.8 Å². The zero-order valence-electron chi connectivity index (χ0n) is 9.36. The van der Waals surface area contributed by atoms with Crippen molar-refractivity contribution in [1.29, 1.82) is 0 Å². The standard InChI is InChI=1S/C12H18N2O/c1-9-5-3-7-13-12(9)14-10(2)11-6-4-8-15-11/h3,5,7,10-11H,4,6,8H2,1-2H3,(H,13,14). The fourth-order valence-corrected chi connectivity index (χ4v) is 1.94. The van der Waals surface area contributed by atoms with Gasteiger partial charge in [-0.25, -0.2) is 4.98 Å². The van der Waals surface area contributed by atoms with E-state index in [2.05, 4.69) is 30.2 Å². The first-order chi connectivity index (χ1) is 7.27. The molecule has 3 nitrogen and oxygen atoms in total. The van der Waals surface area contributed by atoms with E-state index in [1.54, 1.807) is 0 Å². The Balaban J connectivity index is 1.99. The number of hydrogen-bond acceptors (Lipinski definition) is 3. The van der Waals surface area contributed by atoms with Gasteiger partial charge < -0.3 is 10.1 Å². The summed E-state index contributed by atoms with van der Waals surface area (Å²) in [5.74, 6) is 0.973. The first-order valence-electron chi connectivity index (χ1n) is 5.57. The number of hydrogen-bond donors (Lipinski definition) is 1. The maximum absolute atomic E-state index is 5.64. The predicted octanol–water partition coefficient (Wildman–Crippen LogP) is 2.37. The zero-order valence-corrected chi connectivity index (χ0v) is 9.36. The Morgan fingerprint density at radius 1 is 1.60 bits per heavy atom. The molecule has 0 saturated carbocycles. The summed E-state index contributed by atoms with van der Waals surface area (Å²) in [4.78, 5) is 4.32. The van der Waals surface area contributed by atoms with E-state index in [1.807, 2.05) is 12.3 Å². The highest BCUT2D eigenvalue weighted by atomic mass is 16.5. The number of anilines is 1. The maximum atomic E-state index is 5.64. The van der Waals surface area contributed by atoms with Crippen molar-refractivity contribution in [2.45, 2.75) is 38.8 Å². The quantitative estimate of drug-likeness (QED) is 0.824. The second kappa shape index (κ2) is 4.62. The van der Waals surface area contributed by atoms with Gasteiger partial charge in [0.1, 0.15) is 5.82 Å². The maximum Gasteiger partial charge on any atom is 0.129 e. The van der Waals surface area contributed by atoms with E-state index in [1.165, 1.54) is 12.0 Å². The lowest BCUT2D eigenvalue weighted by atomic mass is 10.1. The highest BCUT2D eigenvalue weighted by Gasteiger charge is 2.22. The molecule has 0 spiro atoms. The molecule has 2 heterocycles. The molecule has 1 aliphatic rings. The van der Waals surface area contributed by atoms with Crippen LogP contribution in [0.3, 0.4) is 0 Å². The van der Waals surface area contributed by atoms with Crippen LogP contribution in [-0.4, -0.2) is 23.7 Å². The van der Waals surface area contributed by atoms with Gasteiger partial charge in [0.2, 0.25) is 0 Å². The van der Waals surface area contributed by atoms with Crippen LogP contribution >= 0.6 is 0 Å². The summed E-state index contributed by atoms with van der Waals surface area (Å²) in [6, 6.07) is 4.36. The van der Waals surface area contributed by atoms with E-state index in [0.717, 1.165) is 18.8 Å². The smallest absolute Gasteiger partial charge is 0.129 e. The normalized spacial score (nSPS) is 22.7. The molecule has 0 aliphatic carbocycles. The molecule has 0 bridgehead atoms. The van der Waals surface area contributed by atoms with Crippen LogP contribution in [0.25, 0.3) is 0 Å². The number of ether oxygens (including phenoxy) is 1. The third-order valence-electron chi connectivity index (χ3n) is 2.90. The van der Waals surface area contributed by atoms with Crippen molar-refractivity contribution in [3.8, 4) is 0 Å². The average molecular weight is 206 g/mol. The van der Waals surface area contributed by atoms with Crippen LogP contribution in [0.1, 0.15) is 25.3 Å². The molecular formula is C12H18N2O. The molecule has 0 radical (unpaired) electrons. The van der Waals surface area contributed by atoms with Gasteiger partial charge in [0.05, 0.1) is 12.1 Å². The van der Waals surface area contributed by atoms with Gasteiger partial charge >= 0.3 is 0 Å². The minimum Gasteiger partial charge on any atom is -0.376 e. The Labute approximate surface area is 90.9 Å². The lowest BCUT2D eigenvalue weighted by Gasteiger charge is -2.21. The lowest BCUT2D eigenvalue weighted by Crippen LogP contribution is -2.30. The summed E-state index contributed by atoms with van der Waals surface area (Å²) in [6.45, 7) is 5.12. The number of aryl methyl sites for hydroxylation is 1. The molecule has 1 aliphatic heterocycles. The molecule has 2 rings (SSSR count). The van der Waals surface area contributed by atoms with Gasteiger partial charge in [0.25, 0.3) is 0 Å². The Hall–Kier alpha value is -1.09. The minimum absolute atomic E-state index is 0.334. The van der Waals surface area contributed by atoms with Crippen molar-refractivity contribution in [3.63, 3.8) is 0 Å². The van der Waals surface area contributed by atoms with Gasteiger partial charge in [-0.05, 0) is 38.3 Å². The van der Waals surface area contributed by atoms with Gasteiger partial charge in [-0.2, -0.15) is 0 Å². The average Bonchev–Trinajstić information content (AvgIpc) is 2.74. The van der Waals surface area contributed by atoms with Crippen LogP contribution in [0.5, 0.6) is 0 Å². The first kappa shape index (κ1) is 10.4. The summed E-state index contributed by atoms with van der Waals surface area (Å²) >= 11 is 0. The van der Waals surface area contributed by atoms with E-state index < -0.39 is 0 Å². The highest BCUT2D eigenvalue weighted by molar-refractivity contribution is 5.43. The predicted molar refractivity (Wildman–Crippen MR) is 61.0 cm³/mol. The second-order valence-electron chi connectivity index (χ2n) is 4.15. The Morgan fingerprint density at radius 2 is 2.47 bits per heavy atom. The van der Waals surface area contributed by atoms with Crippen molar-refractivity contribution in [1.82, 2.24) is 4.98 Å². The molecule has 0 amide bonds. The van der Waals surface area contributed by atoms with Gasteiger partial charge in [0.15, 0.2) is 0 Å². The van der Waals surface area contributed by atoms with Gasteiger partial charge in [-0.1, -0.05) is 6.07 Å². The van der Waals surface area contributed by atoms with Crippen LogP contribution in [-0.2, 0) is 4.74 Å². The molecule has 1 fully saturated rings. The molecule has 0 aromatic carbocycles. The number of rotatable bonds is 3. The molecule has 1 N–H and O–H groups in total. The molecule has 1 aromatic heterocycles. The molecule has 1 saturated heterocycles. The fraction of sp³-hybridized carbons (Fsp3) is 0.583. The fourth-order valence-electron chi connectivity index (χ4n) is 1.94. The minimum atomic E-state index is 0.334. The Bertz CT molecular complexity index is 321. The van der Waals surface area contributed by atoms with Gasteiger partial charge in [-0.3, -0.25) is 0 Å². The summed E-state index contributed by atoms with van der Waals surface area (Å²) in [7, 11) is 0. The van der Waals surface area contributed by atoms with Crippen LogP contribution in [0.2, 0.25) is 0 Å². The van der Waals surface area contributed by atoms with Crippen LogP contribution in [0, 0.1) is 6.92 Å². The largest absolute Gasteiger partial charge is 0.376 e. The van der Waals surface area contributed by atoms with E-state index in [9.17, 15) is 0 Å². The molecule has 15 heavy (non-hydrogen) atoms. The molecule has 82 valence electrons. The lowest BCUT2D eigenvalue weighted by molar-refractivity contribution is 0.0995. The topological polar surface area (TPSA) is 34.2 Å². The number of nitrogens with one attached hydrogen (secondary N) is 1. The summed E-state index contributed by atoms with van der Waals surface area (Å²) in [6.07, 6.45) is 4.49. The molecule has 3 heteroatoms. The highest BCUT2D eigenvalue weighted by Crippen LogP contribution is 2.19. The number of nitrogens with zero attached hydrogens (tertiary/aromatic N) is 1. The summed E-state index contributed by atoms with van der Waals surface area (Å²) in [5, 5.41) is 3.42. The Morgan fingerprint density at radius 3 is 3.13 bits per heavy atom. The first-order valence-corrected chi connectivity index (χ1v) is 5.57. The van der Waals surface area contributed by atoms with Gasteiger partial charge in [-0.15, -0.1) is 0 Å².